The molecule has 6 nitrogen and oxygen atoms in total. The maximum atomic E-state index is 11.8. The fourth-order valence-corrected chi connectivity index (χ4v) is 1.81. The molecule has 2 rings (SSSR count). The van der Waals surface area contributed by atoms with Crippen molar-refractivity contribution in [1.82, 2.24) is 0 Å². The molecule has 0 aliphatic heterocycles. The molecule has 0 saturated carbocycles. The van der Waals surface area contributed by atoms with Gasteiger partial charge >= 0.3 is 5.97 Å². The van der Waals surface area contributed by atoms with Crippen molar-refractivity contribution in [3.63, 3.8) is 0 Å². The Morgan fingerprint density at radius 3 is 2.50 bits per heavy atom. The average molecular weight is 299 g/mol. The van der Waals surface area contributed by atoms with Gasteiger partial charge in [0.25, 0.3) is 0 Å². The largest absolute Gasteiger partial charge is 0.872 e. The fraction of sp³-hybridized carbons (Fsp3) is 0.125. The zero-order chi connectivity index (χ0) is 16.1. The third-order valence-corrected chi connectivity index (χ3v) is 3.06. The lowest BCUT2D eigenvalue weighted by Gasteiger charge is -2.14. The Labute approximate surface area is 127 Å². The van der Waals surface area contributed by atoms with E-state index in [9.17, 15) is 9.90 Å². The predicted molar refractivity (Wildman–Crippen MR) is 81.7 cm³/mol. The first-order valence-corrected chi connectivity index (χ1v) is 6.50. The van der Waals surface area contributed by atoms with E-state index in [-0.39, 0.29) is 11.3 Å². The molecule has 0 aliphatic carbocycles. The number of aromatic carboxylic acids is 1. The van der Waals surface area contributed by atoms with Gasteiger partial charge in [0.1, 0.15) is 5.75 Å². The van der Waals surface area contributed by atoms with Gasteiger partial charge in [0.05, 0.1) is 24.1 Å². The SMILES string of the molecule is COc1ccc([O-])c(/C(C)=N/Nc2ccc(C(=O)O)cc2)c1. The zero-order valence-corrected chi connectivity index (χ0v) is 12.2. The van der Waals surface area contributed by atoms with Gasteiger partial charge in [-0.1, -0.05) is 11.8 Å². The van der Waals surface area contributed by atoms with E-state index in [1.165, 1.54) is 25.3 Å². The minimum atomic E-state index is -0.987. The van der Waals surface area contributed by atoms with E-state index in [1.54, 1.807) is 31.2 Å². The topological polar surface area (TPSA) is 94.0 Å². The third-order valence-electron chi connectivity index (χ3n) is 3.06. The highest BCUT2D eigenvalue weighted by Gasteiger charge is 2.03. The summed E-state index contributed by atoms with van der Waals surface area (Å²) in [5.41, 5.74) is 4.55. The van der Waals surface area contributed by atoms with Crippen molar-refractivity contribution < 1.29 is 19.7 Å². The van der Waals surface area contributed by atoms with Crippen LogP contribution < -0.4 is 15.3 Å². The van der Waals surface area contributed by atoms with Crippen LogP contribution in [0.25, 0.3) is 0 Å². The second-order valence-electron chi connectivity index (χ2n) is 4.55. The molecule has 0 saturated heterocycles. The molecule has 0 aromatic heterocycles. The molecule has 0 unspecified atom stereocenters. The van der Waals surface area contributed by atoms with Crippen LogP contribution in [0.4, 0.5) is 5.69 Å². The number of carbonyl (C=O) groups is 1. The van der Waals surface area contributed by atoms with E-state index >= 15 is 0 Å². The molecule has 2 N–H and O–H groups in total. The van der Waals surface area contributed by atoms with E-state index in [4.69, 9.17) is 9.84 Å². The molecule has 114 valence electrons. The van der Waals surface area contributed by atoms with Crippen LogP contribution in [0.1, 0.15) is 22.8 Å². The monoisotopic (exact) mass is 299 g/mol. The molecular weight excluding hydrogens is 284 g/mol. The maximum Gasteiger partial charge on any atom is 0.335 e. The molecule has 2 aromatic rings. The molecule has 0 amide bonds. The number of nitrogens with one attached hydrogen (secondary N) is 1. The van der Waals surface area contributed by atoms with Gasteiger partial charge in [0, 0.05) is 0 Å². The highest BCUT2D eigenvalue weighted by atomic mass is 16.5. The van der Waals surface area contributed by atoms with Gasteiger partial charge in [-0.3, -0.25) is 5.43 Å². The minimum Gasteiger partial charge on any atom is -0.872 e. The van der Waals surface area contributed by atoms with Gasteiger partial charge in [-0.25, -0.2) is 4.79 Å². The van der Waals surface area contributed by atoms with Crippen molar-refractivity contribution in [3.8, 4) is 11.5 Å². The summed E-state index contributed by atoms with van der Waals surface area (Å²) in [5.74, 6) is -0.557. The number of ether oxygens (including phenoxy) is 1. The molecule has 0 bridgehead atoms. The summed E-state index contributed by atoms with van der Waals surface area (Å²) < 4.78 is 5.09. The second kappa shape index (κ2) is 6.62. The second-order valence-corrected chi connectivity index (χ2v) is 4.55. The first kappa shape index (κ1) is 15.4. The lowest BCUT2D eigenvalue weighted by atomic mass is 10.1. The first-order valence-electron chi connectivity index (χ1n) is 6.50. The Kier molecular flexibility index (Phi) is 4.63. The van der Waals surface area contributed by atoms with Crippen LogP contribution in [0.3, 0.4) is 0 Å². The molecule has 0 radical (unpaired) electrons. The quantitative estimate of drug-likeness (QED) is 0.652. The number of hydrazone groups is 1. The summed E-state index contributed by atoms with van der Waals surface area (Å²) in [6.45, 7) is 1.70. The Balaban J connectivity index is 2.17. The standard InChI is InChI=1S/C16H16N2O4/c1-10(14-9-13(22-2)7-8-15(14)19)17-18-12-5-3-11(4-6-12)16(20)21/h3-9,18-19H,1-2H3,(H,20,21)/p-1/b17-10+. The number of nitrogens with zero attached hydrogens (tertiary/aromatic N) is 1. The van der Waals surface area contributed by atoms with E-state index in [0.717, 1.165) is 0 Å². The Morgan fingerprint density at radius 1 is 1.23 bits per heavy atom. The van der Waals surface area contributed by atoms with Crippen molar-refractivity contribution in [3.05, 3.63) is 53.6 Å². The van der Waals surface area contributed by atoms with Crippen molar-refractivity contribution >= 4 is 17.4 Å². The highest BCUT2D eigenvalue weighted by molar-refractivity contribution is 6.01. The molecule has 0 spiro atoms. The predicted octanol–water partition coefficient (Wildman–Crippen LogP) is 2.30. The van der Waals surface area contributed by atoms with Crippen LogP contribution in [0.5, 0.6) is 11.5 Å². The van der Waals surface area contributed by atoms with E-state index in [1.807, 2.05) is 0 Å². The normalized spacial score (nSPS) is 11.1. The number of rotatable bonds is 5. The highest BCUT2D eigenvalue weighted by Crippen LogP contribution is 2.21. The zero-order valence-electron chi connectivity index (χ0n) is 12.2. The van der Waals surface area contributed by atoms with Crippen LogP contribution in [-0.2, 0) is 0 Å². The lowest BCUT2D eigenvalue weighted by Crippen LogP contribution is -2.05. The van der Waals surface area contributed by atoms with E-state index in [0.29, 0.717) is 22.7 Å². The van der Waals surface area contributed by atoms with Gasteiger partial charge in [0.2, 0.25) is 0 Å². The van der Waals surface area contributed by atoms with Crippen molar-refractivity contribution in [1.29, 1.82) is 0 Å². The smallest absolute Gasteiger partial charge is 0.335 e. The van der Waals surface area contributed by atoms with Crippen LogP contribution in [0, 0.1) is 0 Å². The van der Waals surface area contributed by atoms with Crippen LogP contribution in [0.15, 0.2) is 47.6 Å². The molecule has 0 fully saturated rings. The van der Waals surface area contributed by atoms with Crippen LogP contribution in [0.2, 0.25) is 0 Å². The number of benzene rings is 2. The minimum absolute atomic E-state index is 0.148. The number of carboxylic acid groups (broad SMARTS) is 1. The van der Waals surface area contributed by atoms with Crippen molar-refractivity contribution in [2.24, 2.45) is 5.10 Å². The summed E-state index contributed by atoms with van der Waals surface area (Å²) in [7, 11) is 1.53. The summed E-state index contributed by atoms with van der Waals surface area (Å²) >= 11 is 0. The summed E-state index contributed by atoms with van der Waals surface area (Å²) in [5, 5.41) is 24.8. The van der Waals surface area contributed by atoms with E-state index in [2.05, 4.69) is 10.5 Å². The average Bonchev–Trinajstić information content (AvgIpc) is 2.53. The van der Waals surface area contributed by atoms with Gasteiger partial charge in [-0.15, -0.1) is 0 Å². The third kappa shape index (κ3) is 3.54. The lowest BCUT2D eigenvalue weighted by molar-refractivity contribution is -0.268. The van der Waals surface area contributed by atoms with Crippen molar-refractivity contribution in [2.75, 3.05) is 12.5 Å². The van der Waals surface area contributed by atoms with Crippen molar-refractivity contribution in [2.45, 2.75) is 6.92 Å². The number of carboxylic acids is 1. The Morgan fingerprint density at radius 2 is 1.91 bits per heavy atom. The number of methoxy groups -OCH3 is 1. The molecule has 0 heterocycles. The molecule has 2 aromatic carbocycles. The van der Waals surface area contributed by atoms with Gasteiger partial charge in [-0.05, 0) is 48.9 Å². The summed E-state index contributed by atoms with van der Waals surface area (Å²) in [6, 6.07) is 10.8. The molecular formula is C16H15N2O4-. The molecule has 0 atom stereocenters. The van der Waals surface area contributed by atoms with Gasteiger partial charge < -0.3 is 14.9 Å². The first-order chi connectivity index (χ1) is 10.5. The van der Waals surface area contributed by atoms with E-state index < -0.39 is 5.97 Å². The van der Waals surface area contributed by atoms with Crippen LogP contribution in [-0.4, -0.2) is 23.9 Å². The molecule has 0 aliphatic rings. The maximum absolute atomic E-state index is 11.8. The van der Waals surface area contributed by atoms with Gasteiger partial charge in [0.15, 0.2) is 0 Å². The van der Waals surface area contributed by atoms with Gasteiger partial charge in [-0.2, -0.15) is 5.10 Å². The number of hydrogen-bond donors (Lipinski definition) is 2. The summed E-state index contributed by atoms with van der Waals surface area (Å²) in [4.78, 5) is 10.8. The van der Waals surface area contributed by atoms with Crippen LogP contribution >= 0.6 is 0 Å². The molecule has 22 heavy (non-hydrogen) atoms. The molecule has 6 heteroatoms. The Hall–Kier alpha value is -3.02. The number of anilines is 1. The Bertz CT molecular complexity index is 709. The number of hydrogen-bond acceptors (Lipinski definition) is 5. The fourth-order valence-electron chi connectivity index (χ4n) is 1.81. The summed E-state index contributed by atoms with van der Waals surface area (Å²) in [6.07, 6.45) is 0.